The van der Waals surface area contributed by atoms with Crippen molar-refractivity contribution in [2.75, 3.05) is 6.54 Å². The predicted molar refractivity (Wildman–Crippen MR) is 114 cm³/mol. The lowest BCUT2D eigenvalue weighted by Crippen LogP contribution is -2.36. The molecule has 32 heavy (non-hydrogen) atoms. The summed E-state index contributed by atoms with van der Waals surface area (Å²) >= 11 is 0. The maximum Gasteiger partial charge on any atom is 0.268 e. The minimum atomic E-state index is -3.81. The first-order valence-electron chi connectivity index (χ1n) is 10.0. The highest BCUT2D eigenvalue weighted by atomic mass is 32.2. The molecule has 3 heterocycles. The third-order valence-electron chi connectivity index (χ3n) is 5.62. The van der Waals surface area contributed by atoms with Crippen LogP contribution in [0.1, 0.15) is 16.8 Å². The Bertz CT molecular complexity index is 1410. The summed E-state index contributed by atoms with van der Waals surface area (Å²) in [5, 5.41) is 12.8. The molecule has 0 saturated carbocycles. The van der Waals surface area contributed by atoms with Crippen molar-refractivity contribution in [3.05, 3.63) is 71.2 Å². The number of aromatic nitrogens is 4. The Morgan fingerprint density at radius 2 is 1.81 bits per heavy atom. The van der Waals surface area contributed by atoms with Crippen molar-refractivity contribution in [2.45, 2.75) is 24.8 Å². The van der Waals surface area contributed by atoms with Crippen LogP contribution >= 0.6 is 0 Å². The van der Waals surface area contributed by atoms with Gasteiger partial charge in [0, 0.05) is 43.4 Å². The Balaban J connectivity index is 1.50. The summed E-state index contributed by atoms with van der Waals surface area (Å²) in [7, 11) is -2.00. The molecule has 0 amide bonds. The van der Waals surface area contributed by atoms with Gasteiger partial charge in [-0.1, -0.05) is 18.2 Å². The number of aryl methyl sites for hydroxylation is 2. The van der Waals surface area contributed by atoms with Gasteiger partial charge in [0.05, 0.1) is 4.90 Å². The van der Waals surface area contributed by atoms with Crippen molar-refractivity contribution in [1.29, 1.82) is 0 Å². The van der Waals surface area contributed by atoms with Gasteiger partial charge in [0.2, 0.25) is 15.9 Å². The fourth-order valence-corrected chi connectivity index (χ4v) is 5.38. The van der Waals surface area contributed by atoms with Gasteiger partial charge in [0.1, 0.15) is 5.82 Å². The van der Waals surface area contributed by atoms with Gasteiger partial charge in [0.15, 0.2) is 5.69 Å². The maximum atomic E-state index is 13.7. The summed E-state index contributed by atoms with van der Waals surface area (Å²) in [6.45, 7) is 1.95. The van der Waals surface area contributed by atoms with E-state index in [-0.39, 0.29) is 22.9 Å². The van der Waals surface area contributed by atoms with Gasteiger partial charge < -0.3 is 4.42 Å². The van der Waals surface area contributed by atoms with Gasteiger partial charge in [0.25, 0.3) is 5.89 Å². The van der Waals surface area contributed by atoms with Crippen LogP contribution in [0.3, 0.4) is 0 Å². The van der Waals surface area contributed by atoms with Gasteiger partial charge in [-0.05, 0) is 42.8 Å². The second-order valence-electron chi connectivity index (χ2n) is 7.68. The highest BCUT2D eigenvalue weighted by Crippen LogP contribution is 2.33. The molecule has 2 aromatic carbocycles. The normalized spacial score (nSPS) is 14.5. The van der Waals surface area contributed by atoms with Gasteiger partial charge in [-0.15, -0.1) is 10.2 Å². The third-order valence-corrected chi connectivity index (χ3v) is 7.46. The van der Waals surface area contributed by atoms with E-state index in [1.54, 1.807) is 11.6 Å². The quantitative estimate of drug-likeness (QED) is 0.471. The summed E-state index contributed by atoms with van der Waals surface area (Å²) in [4.78, 5) is 0.0643. The Morgan fingerprint density at radius 1 is 1.06 bits per heavy atom. The van der Waals surface area contributed by atoms with E-state index in [4.69, 9.17) is 4.42 Å². The highest BCUT2D eigenvalue weighted by molar-refractivity contribution is 7.89. The van der Waals surface area contributed by atoms with E-state index in [1.807, 2.05) is 37.4 Å². The summed E-state index contributed by atoms with van der Waals surface area (Å²) in [5.41, 5.74) is 3.18. The third kappa shape index (κ3) is 3.41. The van der Waals surface area contributed by atoms with Crippen LogP contribution in [0, 0.1) is 12.7 Å². The van der Waals surface area contributed by atoms with Crippen LogP contribution < -0.4 is 0 Å². The standard InChI is InChI=1S/C22H20FN5O3S/c1-14-12-16(8-9-18(14)23)32(29,30)28-11-10-19-17(13-28)20(26-27(19)2)22-25-24-21(31-22)15-6-4-3-5-7-15/h3-9,12H,10-11,13H2,1-2H3. The average Bonchev–Trinajstić information content (AvgIpc) is 3.41. The number of rotatable bonds is 4. The Kier molecular flexibility index (Phi) is 4.90. The minimum absolute atomic E-state index is 0.0643. The molecule has 5 rings (SSSR count). The minimum Gasteiger partial charge on any atom is -0.415 e. The van der Waals surface area contributed by atoms with Crippen LogP contribution in [0.25, 0.3) is 23.0 Å². The average molecular weight is 453 g/mol. The molecule has 0 N–H and O–H groups in total. The lowest BCUT2D eigenvalue weighted by molar-refractivity contribution is 0.386. The largest absolute Gasteiger partial charge is 0.415 e. The fraction of sp³-hybridized carbons (Fsp3) is 0.227. The number of hydrogen-bond acceptors (Lipinski definition) is 6. The zero-order valence-corrected chi connectivity index (χ0v) is 18.3. The van der Waals surface area contributed by atoms with E-state index >= 15 is 0 Å². The molecule has 1 aliphatic rings. The van der Waals surface area contributed by atoms with Crippen molar-refractivity contribution >= 4 is 10.0 Å². The molecule has 8 nitrogen and oxygen atoms in total. The molecule has 0 radical (unpaired) electrons. The first-order chi connectivity index (χ1) is 15.3. The summed E-state index contributed by atoms with van der Waals surface area (Å²) in [5.74, 6) is 0.157. The topological polar surface area (TPSA) is 94.1 Å². The van der Waals surface area contributed by atoms with Crippen molar-refractivity contribution in [3.63, 3.8) is 0 Å². The molecule has 0 saturated heterocycles. The second-order valence-corrected chi connectivity index (χ2v) is 9.61. The monoisotopic (exact) mass is 453 g/mol. The van der Waals surface area contributed by atoms with E-state index in [0.29, 0.717) is 24.6 Å². The van der Waals surface area contributed by atoms with Gasteiger partial charge >= 0.3 is 0 Å². The number of benzene rings is 2. The zero-order chi connectivity index (χ0) is 22.5. The van der Waals surface area contributed by atoms with Crippen LogP contribution in [0.15, 0.2) is 57.8 Å². The van der Waals surface area contributed by atoms with Crippen LogP contribution in [-0.2, 0) is 30.0 Å². The molecule has 0 atom stereocenters. The van der Waals surface area contributed by atoms with E-state index < -0.39 is 15.8 Å². The van der Waals surface area contributed by atoms with Crippen molar-refractivity contribution < 1.29 is 17.2 Å². The molecular weight excluding hydrogens is 433 g/mol. The SMILES string of the molecule is Cc1cc(S(=O)(=O)N2CCc3c(c(-c4nnc(-c5ccccc5)o4)nn3C)C2)ccc1F. The molecular formula is C22H20FN5O3S. The number of hydrogen-bond donors (Lipinski definition) is 0. The summed E-state index contributed by atoms with van der Waals surface area (Å²) in [6, 6.07) is 13.2. The Hall–Kier alpha value is -3.37. The van der Waals surface area contributed by atoms with Crippen LogP contribution in [0.2, 0.25) is 0 Å². The summed E-state index contributed by atoms with van der Waals surface area (Å²) < 4.78 is 49.1. The number of sulfonamides is 1. The van der Waals surface area contributed by atoms with Gasteiger partial charge in [-0.2, -0.15) is 9.40 Å². The molecule has 0 unspecified atom stereocenters. The van der Waals surface area contributed by atoms with Gasteiger partial charge in [-0.25, -0.2) is 12.8 Å². The first-order valence-corrected chi connectivity index (χ1v) is 11.5. The van der Waals surface area contributed by atoms with E-state index in [0.717, 1.165) is 16.8 Å². The fourth-order valence-electron chi connectivity index (χ4n) is 3.89. The van der Waals surface area contributed by atoms with Crippen LogP contribution in [0.5, 0.6) is 0 Å². The molecule has 1 aliphatic heterocycles. The number of fused-ring (bicyclic) bond motifs is 1. The molecule has 0 fully saturated rings. The van der Waals surface area contributed by atoms with E-state index in [1.165, 1.54) is 22.5 Å². The van der Waals surface area contributed by atoms with E-state index in [9.17, 15) is 12.8 Å². The second kappa shape index (κ2) is 7.64. The Morgan fingerprint density at radius 3 is 2.56 bits per heavy atom. The number of halogens is 1. The zero-order valence-electron chi connectivity index (χ0n) is 17.5. The molecule has 2 aromatic heterocycles. The van der Waals surface area contributed by atoms with Crippen molar-refractivity contribution in [2.24, 2.45) is 7.05 Å². The maximum absolute atomic E-state index is 13.7. The van der Waals surface area contributed by atoms with Crippen molar-refractivity contribution in [3.8, 4) is 23.0 Å². The molecule has 164 valence electrons. The van der Waals surface area contributed by atoms with Gasteiger partial charge in [-0.3, -0.25) is 4.68 Å². The molecule has 4 aromatic rings. The van der Waals surface area contributed by atoms with Crippen molar-refractivity contribution in [1.82, 2.24) is 24.3 Å². The molecule has 0 spiro atoms. The Labute approximate surface area is 184 Å². The predicted octanol–water partition coefficient (Wildman–Crippen LogP) is 3.33. The van der Waals surface area contributed by atoms with Crippen LogP contribution in [0.4, 0.5) is 4.39 Å². The highest BCUT2D eigenvalue weighted by Gasteiger charge is 2.33. The smallest absolute Gasteiger partial charge is 0.268 e. The molecule has 10 heteroatoms. The lowest BCUT2D eigenvalue weighted by Gasteiger charge is -2.27. The molecule has 0 aliphatic carbocycles. The number of nitrogens with zero attached hydrogens (tertiary/aromatic N) is 5. The summed E-state index contributed by atoms with van der Waals surface area (Å²) in [6.07, 6.45) is 0.484. The first kappa shape index (κ1) is 20.5. The van der Waals surface area contributed by atoms with E-state index in [2.05, 4.69) is 15.3 Å². The lowest BCUT2D eigenvalue weighted by atomic mass is 10.1. The molecule has 0 bridgehead atoms. The van der Waals surface area contributed by atoms with Crippen LogP contribution in [-0.4, -0.2) is 39.2 Å².